The molecule has 2 nitrogen and oxygen atoms in total. The van der Waals surface area contributed by atoms with Gasteiger partial charge in [-0.2, -0.15) is 5.26 Å². The Morgan fingerprint density at radius 1 is 1.20 bits per heavy atom. The Labute approximate surface area is 91.4 Å². The Morgan fingerprint density at radius 2 is 1.80 bits per heavy atom. The molecule has 0 heterocycles. The quantitative estimate of drug-likeness (QED) is 0.698. The molecule has 2 heteroatoms. The van der Waals surface area contributed by atoms with Crippen molar-refractivity contribution in [3.8, 4) is 6.07 Å². The van der Waals surface area contributed by atoms with E-state index in [-0.39, 0.29) is 0 Å². The molecule has 0 N–H and O–H groups in total. The molecule has 0 saturated heterocycles. The molecule has 0 unspecified atom stereocenters. The lowest BCUT2D eigenvalue weighted by Crippen LogP contribution is -2.21. The van der Waals surface area contributed by atoms with E-state index in [4.69, 9.17) is 5.26 Å². The Morgan fingerprint density at radius 3 is 2.27 bits per heavy atom. The molecule has 0 aliphatic rings. The number of hydrogen-bond acceptors (Lipinski definition) is 2. The molecule has 0 saturated carbocycles. The van der Waals surface area contributed by atoms with Crippen molar-refractivity contribution in [1.82, 2.24) is 0 Å². The summed E-state index contributed by atoms with van der Waals surface area (Å²) in [5, 5.41) is 8.40. The number of nitriles is 1. The molecule has 78 valence electrons. The summed E-state index contributed by atoms with van der Waals surface area (Å²) in [6.45, 7) is 6.33. The summed E-state index contributed by atoms with van der Waals surface area (Å²) < 4.78 is 0. The van der Waals surface area contributed by atoms with E-state index in [0.717, 1.165) is 18.7 Å². The molecule has 1 aromatic carbocycles. The highest BCUT2D eigenvalue weighted by Gasteiger charge is 1.99. The van der Waals surface area contributed by atoms with Gasteiger partial charge in [0.25, 0.3) is 0 Å². The molecule has 0 fully saturated rings. The second-order valence-corrected chi connectivity index (χ2v) is 3.23. The van der Waals surface area contributed by atoms with Crippen LogP contribution in [-0.4, -0.2) is 13.1 Å². The van der Waals surface area contributed by atoms with Gasteiger partial charge in [-0.15, -0.1) is 0 Å². The van der Waals surface area contributed by atoms with Crippen LogP contribution in [0.25, 0.3) is 6.08 Å². The van der Waals surface area contributed by atoms with Gasteiger partial charge in [0.1, 0.15) is 0 Å². The fraction of sp³-hybridized carbons (Fsp3) is 0.308. The normalized spacial score (nSPS) is 10.2. The van der Waals surface area contributed by atoms with E-state index in [0.29, 0.717) is 0 Å². The molecule has 0 atom stereocenters. The summed E-state index contributed by atoms with van der Waals surface area (Å²) in [6, 6.07) is 10.2. The molecule has 0 radical (unpaired) electrons. The Hall–Kier alpha value is -1.75. The van der Waals surface area contributed by atoms with Gasteiger partial charge in [-0.1, -0.05) is 12.1 Å². The summed E-state index contributed by atoms with van der Waals surface area (Å²) in [5.41, 5.74) is 2.29. The molecule has 0 aromatic heterocycles. The average molecular weight is 200 g/mol. The van der Waals surface area contributed by atoms with Crippen LogP contribution in [0, 0.1) is 11.3 Å². The zero-order valence-corrected chi connectivity index (χ0v) is 9.27. The summed E-state index contributed by atoms with van der Waals surface area (Å²) in [4.78, 5) is 2.29. The van der Waals surface area contributed by atoms with Gasteiger partial charge < -0.3 is 4.90 Å². The third-order valence-corrected chi connectivity index (χ3v) is 2.37. The molecular weight excluding hydrogens is 184 g/mol. The van der Waals surface area contributed by atoms with Crippen LogP contribution in [0.4, 0.5) is 5.69 Å². The van der Waals surface area contributed by atoms with Crippen molar-refractivity contribution in [3.63, 3.8) is 0 Å². The maximum Gasteiger partial charge on any atom is 0.0912 e. The predicted octanol–water partition coefficient (Wildman–Crippen LogP) is 3.07. The highest BCUT2D eigenvalue weighted by Crippen LogP contribution is 2.15. The number of rotatable bonds is 4. The second-order valence-electron chi connectivity index (χ2n) is 3.23. The maximum atomic E-state index is 8.40. The number of hydrogen-bond donors (Lipinski definition) is 0. The minimum Gasteiger partial charge on any atom is -0.372 e. The van der Waals surface area contributed by atoms with Gasteiger partial charge in [-0.25, -0.2) is 0 Å². The van der Waals surface area contributed by atoms with Crippen LogP contribution in [0.1, 0.15) is 19.4 Å². The zero-order chi connectivity index (χ0) is 11.1. The number of anilines is 1. The van der Waals surface area contributed by atoms with E-state index in [1.807, 2.05) is 24.3 Å². The number of nitrogens with zero attached hydrogens (tertiary/aromatic N) is 2. The van der Waals surface area contributed by atoms with E-state index in [1.165, 1.54) is 11.8 Å². The Kier molecular flexibility index (Phi) is 4.43. The third-order valence-electron chi connectivity index (χ3n) is 2.37. The van der Waals surface area contributed by atoms with Crippen molar-refractivity contribution < 1.29 is 0 Å². The SMILES string of the molecule is CCN(CC)c1ccc(C=CC#N)cc1. The smallest absolute Gasteiger partial charge is 0.0912 e. The lowest BCUT2D eigenvalue weighted by Gasteiger charge is -2.20. The standard InChI is InChI=1S/C13H16N2/c1-3-15(4-2)13-9-7-12(8-10-13)6-5-11-14/h5-10H,3-4H2,1-2H3. The van der Waals surface area contributed by atoms with Gasteiger partial charge in [-0.3, -0.25) is 0 Å². The Bertz CT molecular complexity index is 353. The minimum absolute atomic E-state index is 1.02. The van der Waals surface area contributed by atoms with Crippen molar-refractivity contribution in [2.75, 3.05) is 18.0 Å². The van der Waals surface area contributed by atoms with Crippen molar-refractivity contribution in [1.29, 1.82) is 5.26 Å². The van der Waals surface area contributed by atoms with Gasteiger partial charge >= 0.3 is 0 Å². The topological polar surface area (TPSA) is 27.0 Å². The molecule has 0 aliphatic carbocycles. The molecule has 1 aromatic rings. The molecule has 15 heavy (non-hydrogen) atoms. The first-order valence-electron chi connectivity index (χ1n) is 5.23. The monoisotopic (exact) mass is 200 g/mol. The lowest BCUT2D eigenvalue weighted by molar-refractivity contribution is 0.866. The summed E-state index contributed by atoms with van der Waals surface area (Å²) in [5.74, 6) is 0. The average Bonchev–Trinajstić information content (AvgIpc) is 2.29. The van der Waals surface area contributed by atoms with Crippen molar-refractivity contribution >= 4 is 11.8 Å². The maximum absolute atomic E-state index is 8.40. The minimum atomic E-state index is 1.02. The van der Waals surface area contributed by atoms with Gasteiger partial charge in [0, 0.05) is 24.9 Å². The summed E-state index contributed by atoms with van der Waals surface area (Å²) >= 11 is 0. The second kappa shape index (κ2) is 5.87. The fourth-order valence-electron chi connectivity index (χ4n) is 1.52. The highest BCUT2D eigenvalue weighted by atomic mass is 15.1. The number of benzene rings is 1. The lowest BCUT2D eigenvalue weighted by atomic mass is 10.2. The van der Waals surface area contributed by atoms with Crippen molar-refractivity contribution in [3.05, 3.63) is 35.9 Å². The first-order chi connectivity index (χ1) is 7.31. The van der Waals surface area contributed by atoms with Crippen molar-refractivity contribution in [2.24, 2.45) is 0 Å². The first-order valence-corrected chi connectivity index (χ1v) is 5.23. The molecular formula is C13H16N2. The van der Waals surface area contributed by atoms with Crippen LogP contribution in [0.3, 0.4) is 0 Å². The molecule has 0 amide bonds. The van der Waals surface area contributed by atoms with Crippen LogP contribution in [0.15, 0.2) is 30.3 Å². The molecule has 1 rings (SSSR count). The van der Waals surface area contributed by atoms with Crippen LogP contribution < -0.4 is 4.90 Å². The van der Waals surface area contributed by atoms with Crippen molar-refractivity contribution in [2.45, 2.75) is 13.8 Å². The number of allylic oxidation sites excluding steroid dienone is 1. The summed E-state index contributed by atoms with van der Waals surface area (Å²) in [7, 11) is 0. The van der Waals surface area contributed by atoms with E-state index in [2.05, 4.69) is 30.9 Å². The van der Waals surface area contributed by atoms with E-state index >= 15 is 0 Å². The summed E-state index contributed by atoms with van der Waals surface area (Å²) in [6.07, 6.45) is 3.30. The Balaban J connectivity index is 2.80. The van der Waals surface area contributed by atoms with Gasteiger partial charge in [0.05, 0.1) is 6.07 Å². The molecule has 0 bridgehead atoms. The first kappa shape index (κ1) is 11.3. The molecule has 0 spiro atoms. The van der Waals surface area contributed by atoms with Crippen LogP contribution in [0.2, 0.25) is 0 Å². The highest BCUT2D eigenvalue weighted by molar-refractivity contribution is 5.57. The van der Waals surface area contributed by atoms with Crippen LogP contribution in [0.5, 0.6) is 0 Å². The third kappa shape index (κ3) is 3.14. The van der Waals surface area contributed by atoms with E-state index in [1.54, 1.807) is 0 Å². The van der Waals surface area contributed by atoms with Gasteiger partial charge in [0.15, 0.2) is 0 Å². The largest absolute Gasteiger partial charge is 0.372 e. The van der Waals surface area contributed by atoms with Gasteiger partial charge in [0.2, 0.25) is 0 Å². The van der Waals surface area contributed by atoms with E-state index in [9.17, 15) is 0 Å². The van der Waals surface area contributed by atoms with E-state index < -0.39 is 0 Å². The predicted molar refractivity (Wildman–Crippen MR) is 64.7 cm³/mol. The molecule has 0 aliphatic heterocycles. The van der Waals surface area contributed by atoms with Crippen LogP contribution >= 0.6 is 0 Å². The van der Waals surface area contributed by atoms with Crippen LogP contribution in [-0.2, 0) is 0 Å². The zero-order valence-electron chi connectivity index (χ0n) is 9.27. The van der Waals surface area contributed by atoms with Gasteiger partial charge in [-0.05, 0) is 37.6 Å². The fourth-order valence-corrected chi connectivity index (χ4v) is 1.52.